The number of nitrogens with zero attached hydrogens (tertiary/aromatic N) is 1. The third-order valence-corrected chi connectivity index (χ3v) is 3.39. The molecule has 2 rings (SSSR count). The van der Waals surface area contributed by atoms with Gasteiger partial charge in [0.1, 0.15) is 0 Å². The molecule has 0 saturated carbocycles. The molecule has 0 aliphatic rings. The van der Waals surface area contributed by atoms with Gasteiger partial charge in [-0.15, -0.1) is 0 Å². The van der Waals surface area contributed by atoms with E-state index in [1.165, 1.54) is 0 Å². The minimum Gasteiger partial charge on any atom is -0.334 e. The molecule has 1 N–H and O–H groups in total. The SMILES string of the molecule is CCN(C(=O)NCc1ccccc1Cl)c1ccccc1. The van der Waals surface area contributed by atoms with Gasteiger partial charge >= 0.3 is 6.03 Å². The highest BCUT2D eigenvalue weighted by Crippen LogP contribution is 2.16. The molecule has 0 spiro atoms. The highest BCUT2D eigenvalue weighted by Gasteiger charge is 2.13. The van der Waals surface area contributed by atoms with Crippen LogP contribution in [0.2, 0.25) is 5.02 Å². The van der Waals surface area contributed by atoms with Gasteiger partial charge in [-0.3, -0.25) is 4.90 Å². The summed E-state index contributed by atoms with van der Waals surface area (Å²) in [4.78, 5) is 13.9. The van der Waals surface area contributed by atoms with Crippen molar-refractivity contribution in [2.75, 3.05) is 11.4 Å². The molecule has 0 aliphatic carbocycles. The number of halogens is 1. The third kappa shape index (κ3) is 3.52. The van der Waals surface area contributed by atoms with Crippen LogP contribution in [0.5, 0.6) is 0 Å². The molecule has 104 valence electrons. The quantitative estimate of drug-likeness (QED) is 0.903. The highest BCUT2D eigenvalue weighted by molar-refractivity contribution is 6.31. The molecule has 0 bridgehead atoms. The number of hydrogen-bond acceptors (Lipinski definition) is 1. The zero-order chi connectivity index (χ0) is 14.4. The second-order valence-corrected chi connectivity index (χ2v) is 4.74. The summed E-state index contributed by atoms with van der Waals surface area (Å²) in [5, 5.41) is 3.55. The van der Waals surface area contributed by atoms with Crippen LogP contribution in [-0.4, -0.2) is 12.6 Å². The lowest BCUT2D eigenvalue weighted by molar-refractivity contribution is 0.246. The Balaban J connectivity index is 2.02. The minimum absolute atomic E-state index is 0.126. The van der Waals surface area contributed by atoms with Crippen LogP contribution in [0.15, 0.2) is 54.6 Å². The van der Waals surface area contributed by atoms with Crippen LogP contribution in [0.4, 0.5) is 10.5 Å². The molecule has 0 radical (unpaired) electrons. The molecular weight excluding hydrogens is 272 g/mol. The molecule has 0 aromatic heterocycles. The smallest absolute Gasteiger partial charge is 0.322 e. The summed E-state index contributed by atoms with van der Waals surface area (Å²) in [6, 6.07) is 17.0. The zero-order valence-corrected chi connectivity index (χ0v) is 12.1. The van der Waals surface area contributed by atoms with Gasteiger partial charge in [0.25, 0.3) is 0 Å². The number of carbonyl (C=O) groups excluding carboxylic acids is 1. The summed E-state index contributed by atoms with van der Waals surface area (Å²) in [5.74, 6) is 0. The van der Waals surface area contributed by atoms with E-state index in [0.717, 1.165) is 11.3 Å². The molecule has 0 unspecified atom stereocenters. The van der Waals surface area contributed by atoms with Gasteiger partial charge in [-0.2, -0.15) is 0 Å². The first-order valence-electron chi connectivity index (χ1n) is 6.56. The number of rotatable bonds is 4. The maximum Gasteiger partial charge on any atom is 0.322 e. The number of carbonyl (C=O) groups is 1. The molecular formula is C16H17ClN2O. The van der Waals surface area contributed by atoms with E-state index in [2.05, 4.69) is 5.32 Å². The summed E-state index contributed by atoms with van der Waals surface area (Å²) < 4.78 is 0. The number of para-hydroxylation sites is 1. The molecule has 0 saturated heterocycles. The maximum absolute atomic E-state index is 12.2. The first kappa shape index (κ1) is 14.4. The van der Waals surface area contributed by atoms with Gasteiger partial charge < -0.3 is 5.32 Å². The number of benzene rings is 2. The third-order valence-electron chi connectivity index (χ3n) is 3.02. The van der Waals surface area contributed by atoms with Crippen molar-refractivity contribution < 1.29 is 4.79 Å². The Morgan fingerprint density at radius 3 is 2.40 bits per heavy atom. The van der Waals surface area contributed by atoms with Gasteiger partial charge in [0.15, 0.2) is 0 Å². The van der Waals surface area contributed by atoms with Crippen molar-refractivity contribution in [2.45, 2.75) is 13.5 Å². The Morgan fingerprint density at radius 2 is 1.75 bits per heavy atom. The zero-order valence-electron chi connectivity index (χ0n) is 11.3. The lowest BCUT2D eigenvalue weighted by Gasteiger charge is -2.21. The summed E-state index contributed by atoms with van der Waals surface area (Å²) in [5.41, 5.74) is 1.79. The normalized spacial score (nSPS) is 10.1. The van der Waals surface area contributed by atoms with E-state index >= 15 is 0 Å². The second-order valence-electron chi connectivity index (χ2n) is 4.33. The van der Waals surface area contributed by atoms with Gasteiger partial charge in [0.2, 0.25) is 0 Å². The standard InChI is InChI=1S/C16H17ClN2O/c1-2-19(14-9-4-3-5-10-14)16(20)18-12-13-8-6-7-11-15(13)17/h3-11H,2,12H2,1H3,(H,18,20). The van der Waals surface area contributed by atoms with Crippen molar-refractivity contribution in [3.63, 3.8) is 0 Å². The number of urea groups is 1. The molecule has 2 aromatic carbocycles. The van der Waals surface area contributed by atoms with Crippen molar-refractivity contribution in [1.29, 1.82) is 0 Å². The average Bonchev–Trinajstić information content (AvgIpc) is 2.48. The van der Waals surface area contributed by atoms with Crippen molar-refractivity contribution in [3.8, 4) is 0 Å². The Morgan fingerprint density at radius 1 is 1.10 bits per heavy atom. The predicted molar refractivity (Wildman–Crippen MR) is 83.1 cm³/mol. The summed E-state index contributed by atoms with van der Waals surface area (Å²) in [6.45, 7) is 2.97. The molecule has 0 fully saturated rings. The molecule has 2 aromatic rings. The van der Waals surface area contributed by atoms with Crippen molar-refractivity contribution in [1.82, 2.24) is 5.32 Å². The van der Waals surface area contributed by atoms with Crippen molar-refractivity contribution in [2.24, 2.45) is 0 Å². The second kappa shape index (κ2) is 6.96. The van der Waals surface area contributed by atoms with Crippen LogP contribution >= 0.6 is 11.6 Å². The Kier molecular flexibility index (Phi) is 5.02. The van der Waals surface area contributed by atoms with E-state index in [1.54, 1.807) is 4.90 Å². The monoisotopic (exact) mass is 288 g/mol. The van der Waals surface area contributed by atoms with Crippen molar-refractivity contribution in [3.05, 3.63) is 65.2 Å². The van der Waals surface area contributed by atoms with Crippen molar-refractivity contribution >= 4 is 23.3 Å². The summed E-state index contributed by atoms with van der Waals surface area (Å²) in [6.07, 6.45) is 0. The predicted octanol–water partition coefficient (Wildman–Crippen LogP) is 4.08. The van der Waals surface area contributed by atoms with Gasteiger partial charge in [-0.1, -0.05) is 48.0 Å². The highest BCUT2D eigenvalue weighted by atomic mass is 35.5. The number of nitrogens with one attached hydrogen (secondary N) is 1. The lowest BCUT2D eigenvalue weighted by Crippen LogP contribution is -2.39. The topological polar surface area (TPSA) is 32.3 Å². The van der Waals surface area contributed by atoms with Crippen LogP contribution in [0.3, 0.4) is 0 Å². The van der Waals surface area contributed by atoms with Crippen LogP contribution in [0, 0.1) is 0 Å². The largest absolute Gasteiger partial charge is 0.334 e. The Bertz CT molecular complexity index is 572. The van der Waals surface area contributed by atoms with E-state index in [4.69, 9.17) is 11.6 Å². The first-order valence-corrected chi connectivity index (χ1v) is 6.94. The van der Waals surface area contributed by atoms with Crippen LogP contribution in [0.1, 0.15) is 12.5 Å². The van der Waals surface area contributed by atoms with Gasteiger partial charge in [0, 0.05) is 23.8 Å². The fraction of sp³-hybridized carbons (Fsp3) is 0.188. The molecule has 2 amide bonds. The number of hydrogen-bond donors (Lipinski definition) is 1. The van der Waals surface area contributed by atoms with Crippen LogP contribution in [0.25, 0.3) is 0 Å². The van der Waals surface area contributed by atoms with Gasteiger partial charge in [0.05, 0.1) is 0 Å². The molecule has 3 nitrogen and oxygen atoms in total. The average molecular weight is 289 g/mol. The molecule has 0 heterocycles. The van der Waals surface area contributed by atoms with Gasteiger partial charge in [-0.25, -0.2) is 4.79 Å². The van der Waals surface area contributed by atoms with Crippen LogP contribution < -0.4 is 10.2 Å². The fourth-order valence-electron chi connectivity index (χ4n) is 1.96. The fourth-order valence-corrected chi connectivity index (χ4v) is 2.16. The van der Waals surface area contributed by atoms with E-state index in [9.17, 15) is 4.79 Å². The Hall–Kier alpha value is -2.00. The maximum atomic E-state index is 12.2. The molecule has 4 heteroatoms. The van der Waals surface area contributed by atoms with E-state index in [-0.39, 0.29) is 6.03 Å². The van der Waals surface area contributed by atoms with Crippen LogP contribution in [-0.2, 0) is 6.54 Å². The molecule has 0 aliphatic heterocycles. The Labute approximate surface area is 124 Å². The van der Waals surface area contributed by atoms with E-state index in [1.807, 2.05) is 61.5 Å². The summed E-state index contributed by atoms with van der Waals surface area (Å²) in [7, 11) is 0. The van der Waals surface area contributed by atoms with E-state index < -0.39 is 0 Å². The lowest BCUT2D eigenvalue weighted by atomic mass is 10.2. The van der Waals surface area contributed by atoms with Gasteiger partial charge in [-0.05, 0) is 30.7 Å². The number of anilines is 1. The molecule has 0 atom stereocenters. The minimum atomic E-state index is -0.126. The number of amides is 2. The first-order chi connectivity index (χ1) is 9.72. The van der Waals surface area contributed by atoms with E-state index in [0.29, 0.717) is 18.1 Å². The molecule has 20 heavy (non-hydrogen) atoms. The summed E-state index contributed by atoms with van der Waals surface area (Å²) >= 11 is 6.07.